The van der Waals surface area contributed by atoms with Crippen molar-refractivity contribution in [2.75, 3.05) is 0 Å². The van der Waals surface area contributed by atoms with Gasteiger partial charge >= 0.3 is 35.8 Å². The minimum Gasteiger partial charge on any atom is -0.454 e. The van der Waals surface area contributed by atoms with Gasteiger partial charge in [-0.05, 0) is 0 Å². The molecule has 0 saturated heterocycles. The molecule has 0 unspecified atom stereocenters. The van der Waals surface area contributed by atoms with E-state index in [2.05, 4.69) is 0 Å². The van der Waals surface area contributed by atoms with Crippen LogP contribution in [0.4, 0.5) is 0 Å². The van der Waals surface area contributed by atoms with E-state index in [4.69, 9.17) is 28.4 Å². The molecule has 0 aromatic heterocycles. The molecule has 12 heteroatoms. The van der Waals surface area contributed by atoms with Crippen LogP contribution in [0, 0.1) is 0 Å². The summed E-state index contributed by atoms with van der Waals surface area (Å²) >= 11 is 0. The van der Waals surface area contributed by atoms with Crippen molar-refractivity contribution in [2.24, 2.45) is 0 Å². The quantitative estimate of drug-likeness (QED) is 0.395. The highest BCUT2D eigenvalue weighted by atomic mass is 16.7. The van der Waals surface area contributed by atoms with Crippen LogP contribution in [0.5, 0.6) is 0 Å². The number of hydrogen-bond donors (Lipinski definition) is 0. The molecular weight excluding hydrogens is 408 g/mol. The molecule has 30 heavy (non-hydrogen) atoms. The van der Waals surface area contributed by atoms with Gasteiger partial charge in [-0.3, -0.25) is 28.8 Å². The molecule has 0 radical (unpaired) electrons. The molecule has 0 aromatic rings. The fourth-order valence-electron chi connectivity index (χ4n) is 3.08. The minimum atomic E-state index is -1.55. The first-order chi connectivity index (χ1) is 13.8. The number of carbonyl (C=O) groups excluding carboxylic acids is 6. The average Bonchev–Trinajstić information content (AvgIpc) is 2.55. The Morgan fingerprint density at radius 3 is 0.500 bits per heavy atom. The lowest BCUT2D eigenvalue weighted by Gasteiger charge is -2.46. The Balaban J connectivity index is 3.66. The predicted molar refractivity (Wildman–Crippen MR) is 93.3 cm³/mol. The highest BCUT2D eigenvalue weighted by Gasteiger charge is 2.60. The highest BCUT2D eigenvalue weighted by molar-refractivity contribution is 5.71. The molecule has 1 aliphatic carbocycles. The Labute approximate surface area is 172 Å². The molecule has 0 amide bonds. The van der Waals surface area contributed by atoms with Crippen molar-refractivity contribution >= 4 is 35.8 Å². The van der Waals surface area contributed by atoms with Gasteiger partial charge in [0, 0.05) is 41.5 Å². The second-order valence-electron chi connectivity index (χ2n) is 6.44. The number of esters is 6. The van der Waals surface area contributed by atoms with Gasteiger partial charge in [0.2, 0.25) is 0 Å². The Hall–Kier alpha value is -3.18. The molecule has 0 heterocycles. The topological polar surface area (TPSA) is 158 Å². The molecular formula is C18H24O12. The molecule has 168 valence electrons. The first-order valence-electron chi connectivity index (χ1n) is 8.86. The van der Waals surface area contributed by atoms with E-state index in [-0.39, 0.29) is 0 Å². The zero-order chi connectivity index (χ0) is 23.2. The van der Waals surface area contributed by atoms with Crippen molar-refractivity contribution in [2.45, 2.75) is 78.2 Å². The van der Waals surface area contributed by atoms with Crippen LogP contribution in [0.2, 0.25) is 0 Å². The van der Waals surface area contributed by atoms with E-state index >= 15 is 0 Å². The predicted octanol–water partition coefficient (Wildman–Crippen LogP) is -0.410. The van der Waals surface area contributed by atoms with Gasteiger partial charge < -0.3 is 28.4 Å². The zero-order valence-corrected chi connectivity index (χ0v) is 17.4. The summed E-state index contributed by atoms with van der Waals surface area (Å²) in [5.74, 6) is -5.15. The maximum absolute atomic E-state index is 11.7. The maximum atomic E-state index is 11.7. The van der Waals surface area contributed by atoms with Gasteiger partial charge in [0.15, 0.2) is 36.6 Å². The van der Waals surface area contributed by atoms with Crippen molar-refractivity contribution in [3.8, 4) is 0 Å². The van der Waals surface area contributed by atoms with E-state index in [0.29, 0.717) is 0 Å². The summed E-state index contributed by atoms with van der Waals surface area (Å²) in [6.45, 7) is 6.22. The molecule has 12 nitrogen and oxygen atoms in total. The van der Waals surface area contributed by atoms with E-state index in [9.17, 15) is 28.8 Å². The average molecular weight is 432 g/mol. The van der Waals surface area contributed by atoms with Crippen molar-refractivity contribution in [3.63, 3.8) is 0 Å². The van der Waals surface area contributed by atoms with Gasteiger partial charge in [-0.25, -0.2) is 0 Å². The SMILES string of the molecule is CC(=O)OC1C(OC(C)=O)C(OC(C)=O)C(OC(C)=O)C(OC(C)=O)C1OC(C)=O. The summed E-state index contributed by atoms with van der Waals surface area (Å²) in [7, 11) is 0. The third-order valence-electron chi connectivity index (χ3n) is 3.76. The monoisotopic (exact) mass is 432 g/mol. The third kappa shape index (κ3) is 7.01. The number of hydrogen-bond acceptors (Lipinski definition) is 12. The molecule has 1 aliphatic rings. The molecule has 1 rings (SSSR count). The van der Waals surface area contributed by atoms with Crippen LogP contribution in [0.3, 0.4) is 0 Å². The molecule has 1 saturated carbocycles. The third-order valence-corrected chi connectivity index (χ3v) is 3.76. The van der Waals surface area contributed by atoms with Gasteiger partial charge in [-0.2, -0.15) is 0 Å². The molecule has 1 fully saturated rings. The Bertz CT molecular complexity index is 547. The zero-order valence-electron chi connectivity index (χ0n) is 17.4. The van der Waals surface area contributed by atoms with Crippen LogP contribution in [-0.2, 0) is 57.2 Å². The Kier molecular flexibility index (Phi) is 8.75. The van der Waals surface area contributed by atoms with E-state index in [1.165, 1.54) is 0 Å². The lowest BCUT2D eigenvalue weighted by Crippen LogP contribution is -2.68. The highest BCUT2D eigenvalue weighted by Crippen LogP contribution is 2.34. The molecule has 0 N–H and O–H groups in total. The van der Waals surface area contributed by atoms with Gasteiger partial charge in [-0.1, -0.05) is 0 Å². The summed E-state index contributed by atoms with van der Waals surface area (Å²) in [5, 5.41) is 0. The first-order valence-corrected chi connectivity index (χ1v) is 8.86. The molecule has 0 aliphatic heterocycles. The van der Waals surface area contributed by atoms with Gasteiger partial charge in [-0.15, -0.1) is 0 Å². The van der Waals surface area contributed by atoms with Crippen molar-refractivity contribution in [1.29, 1.82) is 0 Å². The van der Waals surface area contributed by atoms with Crippen LogP contribution < -0.4 is 0 Å². The lowest BCUT2D eigenvalue weighted by atomic mass is 9.83. The van der Waals surface area contributed by atoms with Crippen LogP contribution in [0.25, 0.3) is 0 Å². The lowest BCUT2D eigenvalue weighted by molar-refractivity contribution is -0.259. The summed E-state index contributed by atoms with van der Waals surface area (Å²) < 4.78 is 31.1. The molecule has 0 spiro atoms. The summed E-state index contributed by atoms with van der Waals surface area (Å²) in [4.78, 5) is 70.1. The van der Waals surface area contributed by atoms with Gasteiger partial charge in [0.05, 0.1) is 0 Å². The molecule has 0 atom stereocenters. The molecule has 0 bridgehead atoms. The van der Waals surface area contributed by atoms with E-state index in [1.54, 1.807) is 0 Å². The Morgan fingerprint density at radius 1 is 0.333 bits per heavy atom. The van der Waals surface area contributed by atoms with E-state index in [0.717, 1.165) is 41.5 Å². The smallest absolute Gasteiger partial charge is 0.303 e. The van der Waals surface area contributed by atoms with Crippen molar-refractivity contribution in [3.05, 3.63) is 0 Å². The van der Waals surface area contributed by atoms with Crippen molar-refractivity contribution in [1.82, 2.24) is 0 Å². The standard InChI is InChI=1S/C18H24O12/c1-7(19)25-13-14(26-8(2)20)16(28-10(4)22)18(30-12(6)24)17(29-11(5)23)15(13)27-9(3)21/h13-18H,1-6H3. The largest absolute Gasteiger partial charge is 0.454 e. The number of rotatable bonds is 6. The molecule has 0 aromatic carbocycles. The summed E-state index contributed by atoms with van der Waals surface area (Å²) in [5.41, 5.74) is 0. The van der Waals surface area contributed by atoms with Gasteiger partial charge in [0.25, 0.3) is 0 Å². The maximum Gasteiger partial charge on any atom is 0.303 e. The fourth-order valence-corrected chi connectivity index (χ4v) is 3.08. The number of ether oxygens (including phenoxy) is 6. The van der Waals surface area contributed by atoms with E-state index in [1.807, 2.05) is 0 Å². The van der Waals surface area contributed by atoms with Crippen LogP contribution in [-0.4, -0.2) is 72.4 Å². The summed E-state index contributed by atoms with van der Waals surface area (Å²) in [6, 6.07) is 0. The van der Waals surface area contributed by atoms with Crippen molar-refractivity contribution < 1.29 is 57.2 Å². The fraction of sp³-hybridized carbons (Fsp3) is 0.667. The van der Waals surface area contributed by atoms with Crippen LogP contribution in [0.1, 0.15) is 41.5 Å². The Morgan fingerprint density at radius 2 is 0.433 bits per heavy atom. The minimum absolute atomic E-state index is 0.858. The second-order valence-corrected chi connectivity index (χ2v) is 6.44. The van der Waals surface area contributed by atoms with Gasteiger partial charge in [0.1, 0.15) is 0 Å². The first kappa shape index (κ1) is 24.9. The van der Waals surface area contributed by atoms with Crippen LogP contribution >= 0.6 is 0 Å². The number of carbonyl (C=O) groups is 6. The summed E-state index contributed by atoms with van der Waals surface area (Å²) in [6.07, 6.45) is -9.27. The normalized spacial score (nSPS) is 27.8. The second kappa shape index (κ2) is 10.6. The van der Waals surface area contributed by atoms with E-state index < -0.39 is 72.4 Å². The van der Waals surface area contributed by atoms with Crippen LogP contribution in [0.15, 0.2) is 0 Å².